The molecule has 0 bridgehead atoms. The van der Waals surface area contributed by atoms with E-state index in [0.29, 0.717) is 6.42 Å². The average molecular weight is 398 g/mol. The third-order valence-electron chi connectivity index (χ3n) is 5.55. The summed E-state index contributed by atoms with van der Waals surface area (Å²) in [5.41, 5.74) is 5.95. The molecule has 0 radical (unpaired) electrons. The van der Waals surface area contributed by atoms with Crippen molar-refractivity contribution in [1.82, 2.24) is 9.97 Å². The summed E-state index contributed by atoms with van der Waals surface area (Å²) in [5.74, 6) is 1.58. The minimum absolute atomic E-state index is 0. The maximum Gasteiger partial charge on any atom is 0.136 e. The molecule has 1 atom stereocenters. The van der Waals surface area contributed by atoms with Gasteiger partial charge in [-0.3, -0.25) is 0 Å². The van der Waals surface area contributed by atoms with Crippen LogP contribution >= 0.6 is 12.4 Å². The van der Waals surface area contributed by atoms with Gasteiger partial charge in [0.1, 0.15) is 17.5 Å². The molecule has 0 aliphatic carbocycles. The van der Waals surface area contributed by atoms with Crippen LogP contribution in [0.2, 0.25) is 0 Å². The summed E-state index contributed by atoms with van der Waals surface area (Å²) >= 11 is 0. The Morgan fingerprint density at radius 3 is 2.50 bits per heavy atom. The largest absolute Gasteiger partial charge is 0.349 e. The van der Waals surface area contributed by atoms with Crippen molar-refractivity contribution < 1.29 is 4.39 Å². The van der Waals surface area contributed by atoms with Crippen molar-refractivity contribution >= 4 is 18.2 Å². The van der Waals surface area contributed by atoms with Crippen molar-refractivity contribution in [2.45, 2.75) is 39.7 Å². The van der Waals surface area contributed by atoms with E-state index in [4.69, 9.17) is 4.98 Å². The molecule has 28 heavy (non-hydrogen) atoms. The Kier molecular flexibility index (Phi) is 5.99. The number of halogens is 2. The topological polar surface area (TPSA) is 29.0 Å². The number of fused-ring (bicyclic) bond motifs is 1. The van der Waals surface area contributed by atoms with Crippen molar-refractivity contribution in [1.29, 1.82) is 0 Å². The SMILES string of the molecule is Cc1nc(Cc2ccc(F)cc2)nc(N2CCc3ccccc3[C@@H]2C)c1C.Cl. The highest BCUT2D eigenvalue weighted by Gasteiger charge is 2.26. The van der Waals surface area contributed by atoms with Gasteiger partial charge < -0.3 is 4.90 Å². The van der Waals surface area contributed by atoms with Crippen molar-refractivity contribution in [3.05, 3.63) is 88.1 Å². The fourth-order valence-corrected chi connectivity index (χ4v) is 3.88. The molecule has 3 aromatic rings. The monoisotopic (exact) mass is 397 g/mol. The number of benzene rings is 2. The maximum atomic E-state index is 13.2. The van der Waals surface area contributed by atoms with Gasteiger partial charge in [-0.2, -0.15) is 0 Å². The Labute approximate surface area is 172 Å². The number of aryl methyl sites for hydroxylation is 1. The smallest absolute Gasteiger partial charge is 0.136 e. The Morgan fingerprint density at radius 2 is 1.75 bits per heavy atom. The lowest BCUT2D eigenvalue weighted by molar-refractivity contribution is 0.611. The van der Waals surface area contributed by atoms with E-state index >= 15 is 0 Å². The predicted octanol–water partition coefficient (Wildman–Crippen LogP) is 5.37. The zero-order chi connectivity index (χ0) is 19.0. The number of hydrogen-bond acceptors (Lipinski definition) is 3. The van der Waals surface area contributed by atoms with Crippen molar-refractivity contribution in [3.63, 3.8) is 0 Å². The van der Waals surface area contributed by atoms with Crippen molar-refractivity contribution in [2.24, 2.45) is 0 Å². The molecule has 5 heteroatoms. The minimum Gasteiger partial charge on any atom is -0.349 e. The lowest BCUT2D eigenvalue weighted by Crippen LogP contribution is -2.35. The molecule has 1 aliphatic heterocycles. The van der Waals surface area contributed by atoms with Crippen LogP contribution in [0.4, 0.5) is 10.2 Å². The van der Waals surface area contributed by atoms with Crippen LogP contribution in [0.15, 0.2) is 48.5 Å². The zero-order valence-electron chi connectivity index (χ0n) is 16.4. The van der Waals surface area contributed by atoms with Crippen LogP contribution in [-0.4, -0.2) is 16.5 Å². The molecule has 0 spiro atoms. The summed E-state index contributed by atoms with van der Waals surface area (Å²) in [5, 5.41) is 0. The van der Waals surface area contributed by atoms with Crippen LogP contribution in [0.1, 0.15) is 46.7 Å². The van der Waals surface area contributed by atoms with Gasteiger partial charge in [0.2, 0.25) is 0 Å². The normalized spacial score (nSPS) is 15.7. The molecule has 146 valence electrons. The maximum absolute atomic E-state index is 13.2. The molecule has 0 fully saturated rings. The highest BCUT2D eigenvalue weighted by atomic mass is 35.5. The molecule has 2 aromatic carbocycles. The van der Waals surface area contributed by atoms with E-state index in [1.165, 1.54) is 23.3 Å². The van der Waals surface area contributed by atoms with Gasteiger partial charge in [-0.15, -0.1) is 12.4 Å². The standard InChI is InChI=1S/C23H24FN3.ClH/c1-15-16(2)25-22(14-18-8-10-20(24)11-9-18)26-23(15)27-13-12-19-6-4-5-7-21(19)17(27)3;/h4-11,17H,12-14H2,1-3H3;1H/t17-;/m0./s1. The molecular formula is C23H25ClFN3. The second kappa shape index (κ2) is 8.27. The minimum atomic E-state index is -0.221. The summed E-state index contributed by atoms with van der Waals surface area (Å²) in [6.45, 7) is 7.33. The highest BCUT2D eigenvalue weighted by molar-refractivity contribution is 5.85. The van der Waals surface area contributed by atoms with Gasteiger partial charge in [0.15, 0.2) is 0 Å². The van der Waals surface area contributed by atoms with E-state index in [1.54, 1.807) is 12.1 Å². The van der Waals surface area contributed by atoms with Gasteiger partial charge >= 0.3 is 0 Å². The third kappa shape index (κ3) is 3.88. The summed E-state index contributed by atoms with van der Waals surface area (Å²) in [6.07, 6.45) is 1.63. The summed E-state index contributed by atoms with van der Waals surface area (Å²) in [7, 11) is 0. The molecule has 0 N–H and O–H groups in total. The van der Waals surface area contributed by atoms with Gasteiger partial charge in [0.05, 0.1) is 6.04 Å². The number of aromatic nitrogens is 2. The second-order valence-electron chi connectivity index (χ2n) is 7.30. The molecule has 0 saturated heterocycles. The molecule has 1 aromatic heterocycles. The molecule has 3 nitrogen and oxygen atoms in total. The van der Waals surface area contributed by atoms with Crippen molar-refractivity contribution in [3.8, 4) is 0 Å². The van der Waals surface area contributed by atoms with E-state index in [1.807, 2.05) is 6.92 Å². The summed E-state index contributed by atoms with van der Waals surface area (Å²) < 4.78 is 13.2. The summed E-state index contributed by atoms with van der Waals surface area (Å²) in [6, 6.07) is 15.5. The zero-order valence-corrected chi connectivity index (χ0v) is 17.3. The van der Waals surface area contributed by atoms with Gasteiger partial charge in [0.25, 0.3) is 0 Å². The lowest BCUT2D eigenvalue weighted by Gasteiger charge is -2.37. The Balaban J connectivity index is 0.00000225. The molecular weight excluding hydrogens is 373 g/mol. The predicted molar refractivity (Wildman–Crippen MR) is 114 cm³/mol. The first-order chi connectivity index (χ1) is 13.0. The van der Waals surface area contributed by atoms with Gasteiger partial charge in [0, 0.05) is 24.2 Å². The number of nitrogens with zero attached hydrogens (tertiary/aromatic N) is 3. The van der Waals surface area contributed by atoms with E-state index in [9.17, 15) is 4.39 Å². The highest BCUT2D eigenvalue weighted by Crippen LogP contribution is 2.34. The fraction of sp³-hybridized carbons (Fsp3) is 0.304. The molecule has 0 unspecified atom stereocenters. The Bertz CT molecular complexity index is 972. The summed E-state index contributed by atoms with van der Waals surface area (Å²) in [4.78, 5) is 12.0. The van der Waals surface area contributed by atoms with Gasteiger partial charge in [-0.05, 0) is 56.0 Å². The second-order valence-corrected chi connectivity index (χ2v) is 7.30. The van der Waals surface area contributed by atoms with Crippen molar-refractivity contribution in [2.75, 3.05) is 11.4 Å². The number of rotatable bonds is 3. The van der Waals surface area contributed by atoms with Crippen LogP contribution in [0, 0.1) is 19.7 Å². The Morgan fingerprint density at radius 1 is 1.04 bits per heavy atom. The van der Waals surface area contributed by atoms with E-state index in [0.717, 1.165) is 41.4 Å². The van der Waals surface area contributed by atoms with E-state index in [2.05, 4.69) is 48.0 Å². The molecule has 4 rings (SSSR count). The quantitative estimate of drug-likeness (QED) is 0.595. The van der Waals surface area contributed by atoms with Crippen LogP contribution in [-0.2, 0) is 12.8 Å². The van der Waals surface area contributed by atoms with Gasteiger partial charge in [-0.25, -0.2) is 14.4 Å². The molecule has 0 saturated carbocycles. The van der Waals surface area contributed by atoms with E-state index in [-0.39, 0.29) is 24.3 Å². The van der Waals surface area contributed by atoms with Crippen LogP contribution in [0.5, 0.6) is 0 Å². The van der Waals surface area contributed by atoms with Crippen LogP contribution in [0.25, 0.3) is 0 Å². The molecule has 0 amide bonds. The molecule has 1 aliphatic rings. The van der Waals surface area contributed by atoms with Crippen LogP contribution < -0.4 is 4.90 Å². The first-order valence-electron chi connectivity index (χ1n) is 9.46. The third-order valence-corrected chi connectivity index (χ3v) is 5.55. The number of anilines is 1. The average Bonchev–Trinajstić information content (AvgIpc) is 2.67. The Hall–Kier alpha value is -2.46. The fourth-order valence-electron chi connectivity index (χ4n) is 3.88. The number of hydrogen-bond donors (Lipinski definition) is 0. The first-order valence-corrected chi connectivity index (χ1v) is 9.46. The first kappa shape index (κ1) is 20.3. The molecule has 2 heterocycles. The van der Waals surface area contributed by atoms with Crippen LogP contribution in [0.3, 0.4) is 0 Å². The van der Waals surface area contributed by atoms with E-state index < -0.39 is 0 Å². The van der Waals surface area contributed by atoms with Gasteiger partial charge in [-0.1, -0.05) is 36.4 Å². The lowest BCUT2D eigenvalue weighted by atomic mass is 9.93.